The number of ether oxygens (including phenoxy) is 1. The third kappa shape index (κ3) is 5.45. The lowest BCUT2D eigenvalue weighted by atomic mass is 10.2. The molecule has 0 radical (unpaired) electrons. The second-order valence-electron chi connectivity index (χ2n) is 5.32. The van der Waals surface area contributed by atoms with Gasteiger partial charge in [-0.1, -0.05) is 20.8 Å². The third-order valence-electron chi connectivity index (χ3n) is 2.72. The molecule has 0 bridgehead atoms. The summed E-state index contributed by atoms with van der Waals surface area (Å²) in [5.41, 5.74) is 6.35. The molecule has 0 atom stereocenters. The van der Waals surface area contributed by atoms with Crippen molar-refractivity contribution in [3.63, 3.8) is 0 Å². The number of carbonyl (C=O) groups is 1. The van der Waals surface area contributed by atoms with Crippen molar-refractivity contribution in [2.45, 2.75) is 27.2 Å². The molecule has 0 spiro atoms. The van der Waals surface area contributed by atoms with E-state index in [4.69, 9.17) is 10.5 Å². The van der Waals surface area contributed by atoms with Gasteiger partial charge in [-0.2, -0.15) is 4.98 Å². The van der Waals surface area contributed by atoms with Crippen molar-refractivity contribution in [2.75, 3.05) is 37.4 Å². The molecule has 118 valence electrons. The van der Waals surface area contributed by atoms with Crippen LogP contribution in [-0.4, -0.2) is 42.6 Å². The topological polar surface area (TPSA) is 93.4 Å². The summed E-state index contributed by atoms with van der Waals surface area (Å²) >= 11 is 0. The number of rotatable bonds is 8. The lowest BCUT2D eigenvalue weighted by molar-refractivity contribution is -0.119. The van der Waals surface area contributed by atoms with Gasteiger partial charge in [0.25, 0.3) is 0 Å². The molecule has 0 saturated heterocycles. The summed E-state index contributed by atoms with van der Waals surface area (Å²) < 4.78 is 5.46. The lowest BCUT2D eigenvalue weighted by Gasteiger charge is -2.20. The number of anilines is 2. The normalized spacial score (nSPS) is 10.5. The maximum Gasteiger partial charge on any atom is 0.242 e. The van der Waals surface area contributed by atoms with Crippen LogP contribution >= 0.6 is 0 Å². The van der Waals surface area contributed by atoms with Gasteiger partial charge in [0.2, 0.25) is 11.8 Å². The summed E-state index contributed by atoms with van der Waals surface area (Å²) in [4.78, 5) is 21.7. The van der Waals surface area contributed by atoms with Gasteiger partial charge in [0.15, 0.2) is 5.82 Å². The predicted molar refractivity (Wildman–Crippen MR) is 83.3 cm³/mol. The van der Waals surface area contributed by atoms with Gasteiger partial charge in [-0.15, -0.1) is 0 Å². The van der Waals surface area contributed by atoms with Gasteiger partial charge in [0.05, 0.1) is 13.2 Å². The molecule has 1 aromatic rings. The standard InChI is InChI=1S/C14H25N5O2/c1-5-6-21-14-12(15)13(17-9-18-14)19(4)8-11(20)16-7-10(2)3/h9-10H,5-8,15H2,1-4H3,(H,16,20). The minimum absolute atomic E-state index is 0.0692. The molecule has 1 amide bonds. The highest BCUT2D eigenvalue weighted by Crippen LogP contribution is 2.26. The first kappa shape index (κ1) is 17.0. The first-order valence-corrected chi connectivity index (χ1v) is 7.16. The SMILES string of the molecule is CCCOc1ncnc(N(C)CC(=O)NCC(C)C)c1N. The van der Waals surface area contributed by atoms with Gasteiger partial charge < -0.3 is 20.7 Å². The molecule has 7 heteroatoms. The zero-order valence-corrected chi connectivity index (χ0v) is 13.2. The summed E-state index contributed by atoms with van der Waals surface area (Å²) in [5, 5.41) is 2.86. The molecule has 0 aliphatic heterocycles. The molecule has 0 aliphatic rings. The van der Waals surface area contributed by atoms with Crippen molar-refractivity contribution in [1.29, 1.82) is 0 Å². The molecule has 1 aromatic heterocycles. The number of hydrogen-bond acceptors (Lipinski definition) is 6. The van der Waals surface area contributed by atoms with E-state index in [9.17, 15) is 4.79 Å². The van der Waals surface area contributed by atoms with Crippen LogP contribution < -0.4 is 20.7 Å². The minimum atomic E-state index is -0.0692. The zero-order valence-electron chi connectivity index (χ0n) is 13.2. The van der Waals surface area contributed by atoms with Gasteiger partial charge >= 0.3 is 0 Å². The largest absolute Gasteiger partial charge is 0.476 e. The molecule has 0 unspecified atom stereocenters. The molecule has 1 rings (SSSR count). The number of nitrogen functional groups attached to an aromatic ring is 1. The van der Waals surface area contributed by atoms with Gasteiger partial charge in [0, 0.05) is 13.6 Å². The van der Waals surface area contributed by atoms with Crippen LogP contribution in [0.3, 0.4) is 0 Å². The summed E-state index contributed by atoms with van der Waals surface area (Å²) in [6, 6.07) is 0. The van der Waals surface area contributed by atoms with Crippen LogP contribution in [0.1, 0.15) is 27.2 Å². The molecule has 21 heavy (non-hydrogen) atoms. The second-order valence-corrected chi connectivity index (χ2v) is 5.32. The quantitative estimate of drug-likeness (QED) is 0.745. The number of nitrogens with two attached hydrogens (primary N) is 1. The van der Waals surface area contributed by atoms with Crippen LogP contribution in [0.4, 0.5) is 11.5 Å². The van der Waals surface area contributed by atoms with Crippen LogP contribution in [0.2, 0.25) is 0 Å². The van der Waals surface area contributed by atoms with E-state index in [0.29, 0.717) is 36.5 Å². The molecule has 3 N–H and O–H groups in total. The van der Waals surface area contributed by atoms with Crippen LogP contribution in [0.15, 0.2) is 6.33 Å². The van der Waals surface area contributed by atoms with Crippen LogP contribution in [-0.2, 0) is 4.79 Å². The number of likely N-dealkylation sites (N-methyl/N-ethyl adjacent to an activating group) is 1. The summed E-state index contributed by atoms with van der Waals surface area (Å²) in [5.74, 6) is 1.20. The van der Waals surface area contributed by atoms with Gasteiger partial charge in [-0.25, -0.2) is 4.98 Å². The number of nitrogens with one attached hydrogen (secondary N) is 1. The summed E-state index contributed by atoms with van der Waals surface area (Å²) in [6.45, 7) is 7.47. The minimum Gasteiger partial charge on any atom is -0.476 e. The Morgan fingerprint density at radius 1 is 1.48 bits per heavy atom. The number of amides is 1. The average Bonchev–Trinajstić information content (AvgIpc) is 2.44. The highest BCUT2D eigenvalue weighted by molar-refractivity contribution is 5.82. The van der Waals surface area contributed by atoms with Crippen LogP contribution in [0.5, 0.6) is 5.88 Å². The molecule has 7 nitrogen and oxygen atoms in total. The van der Waals surface area contributed by atoms with Gasteiger partial charge in [0.1, 0.15) is 12.0 Å². The Hall–Kier alpha value is -2.05. The Bertz CT molecular complexity index is 465. The predicted octanol–water partition coefficient (Wildman–Crippen LogP) is 1.06. The van der Waals surface area contributed by atoms with E-state index in [1.54, 1.807) is 11.9 Å². The molecule has 0 aliphatic carbocycles. The Balaban J connectivity index is 2.69. The first-order valence-electron chi connectivity index (χ1n) is 7.16. The molecule has 0 saturated carbocycles. The van der Waals surface area contributed by atoms with E-state index >= 15 is 0 Å². The maximum absolute atomic E-state index is 11.8. The Kier molecular flexibility index (Phi) is 6.71. The van der Waals surface area contributed by atoms with Crippen molar-refractivity contribution in [3.05, 3.63) is 6.33 Å². The number of aromatic nitrogens is 2. The fraction of sp³-hybridized carbons (Fsp3) is 0.643. The second kappa shape index (κ2) is 8.28. The fourth-order valence-electron chi connectivity index (χ4n) is 1.65. The maximum atomic E-state index is 11.8. The van der Waals surface area contributed by atoms with Crippen molar-refractivity contribution in [3.8, 4) is 5.88 Å². The Morgan fingerprint density at radius 2 is 2.19 bits per heavy atom. The van der Waals surface area contributed by atoms with Crippen molar-refractivity contribution in [2.24, 2.45) is 5.92 Å². The highest BCUT2D eigenvalue weighted by Gasteiger charge is 2.15. The zero-order chi connectivity index (χ0) is 15.8. The van der Waals surface area contributed by atoms with Crippen LogP contribution in [0.25, 0.3) is 0 Å². The number of carbonyl (C=O) groups excluding carboxylic acids is 1. The van der Waals surface area contributed by atoms with Gasteiger partial charge in [-0.05, 0) is 12.3 Å². The smallest absolute Gasteiger partial charge is 0.242 e. The van der Waals surface area contributed by atoms with Crippen molar-refractivity contribution >= 4 is 17.4 Å². The highest BCUT2D eigenvalue weighted by atomic mass is 16.5. The van der Waals surface area contributed by atoms with Crippen molar-refractivity contribution < 1.29 is 9.53 Å². The molecule has 0 fully saturated rings. The molecular formula is C14H25N5O2. The molecule has 0 aromatic carbocycles. The van der Waals surface area contributed by atoms with E-state index in [1.165, 1.54) is 6.33 Å². The van der Waals surface area contributed by atoms with Crippen LogP contribution in [0, 0.1) is 5.92 Å². The summed E-state index contributed by atoms with van der Waals surface area (Å²) in [6.07, 6.45) is 2.26. The third-order valence-corrected chi connectivity index (χ3v) is 2.72. The fourth-order valence-corrected chi connectivity index (χ4v) is 1.65. The van der Waals surface area contributed by atoms with Crippen molar-refractivity contribution in [1.82, 2.24) is 15.3 Å². The van der Waals surface area contributed by atoms with E-state index in [-0.39, 0.29) is 12.5 Å². The summed E-state index contributed by atoms with van der Waals surface area (Å²) in [7, 11) is 1.76. The monoisotopic (exact) mass is 295 g/mol. The number of hydrogen-bond donors (Lipinski definition) is 2. The van der Waals surface area contributed by atoms with Gasteiger partial charge in [-0.3, -0.25) is 4.79 Å². The lowest BCUT2D eigenvalue weighted by Crippen LogP contribution is -2.37. The molecular weight excluding hydrogens is 270 g/mol. The van der Waals surface area contributed by atoms with E-state index < -0.39 is 0 Å². The van der Waals surface area contributed by atoms with E-state index in [1.807, 2.05) is 20.8 Å². The Labute approximate surface area is 125 Å². The van der Waals surface area contributed by atoms with E-state index in [0.717, 1.165) is 6.42 Å². The molecule has 1 heterocycles. The average molecular weight is 295 g/mol. The first-order chi connectivity index (χ1) is 9.95. The number of nitrogens with zero attached hydrogens (tertiary/aromatic N) is 3. The Morgan fingerprint density at radius 3 is 2.81 bits per heavy atom. The van der Waals surface area contributed by atoms with E-state index in [2.05, 4.69) is 15.3 Å².